The molecule has 256 valence electrons. The molecule has 8 fully saturated rings. The quantitative estimate of drug-likeness (QED) is 0.223. The minimum atomic E-state index is -2.38. The summed E-state index contributed by atoms with van der Waals surface area (Å²) < 4.78 is 37.7. The van der Waals surface area contributed by atoms with Crippen molar-refractivity contribution in [2.24, 2.45) is 9.03 Å². The van der Waals surface area contributed by atoms with Crippen LogP contribution >= 0.6 is 22.9 Å². The molecule has 10 nitrogen and oxygen atoms in total. The molecule has 0 aliphatic carbocycles. The molecule has 0 radical (unpaired) electrons. The predicted molar refractivity (Wildman–Crippen MR) is 192 cm³/mol. The van der Waals surface area contributed by atoms with E-state index in [9.17, 15) is 0 Å². The summed E-state index contributed by atoms with van der Waals surface area (Å²) in [6.45, 7) is 19.8. The Hall–Kier alpha value is 0.570. The lowest BCUT2D eigenvalue weighted by Gasteiger charge is -2.49. The first kappa shape index (κ1) is 32.8. The summed E-state index contributed by atoms with van der Waals surface area (Å²) in [7, 11) is -6.56. The maximum absolute atomic E-state index is 6.88. The van der Waals surface area contributed by atoms with E-state index in [4.69, 9.17) is 9.03 Å². The van der Waals surface area contributed by atoms with Crippen LogP contribution in [0.5, 0.6) is 0 Å². The van der Waals surface area contributed by atoms with Crippen LogP contribution in [0.2, 0.25) is 0 Å². The van der Waals surface area contributed by atoms with Gasteiger partial charge in [0.15, 0.2) is 7.51 Å². The molecule has 0 N–H and O–H groups in total. The van der Waals surface area contributed by atoms with Gasteiger partial charge in [-0.25, -0.2) is 23.4 Å². The average molecular weight is 682 g/mol. The van der Waals surface area contributed by atoms with Crippen LogP contribution in [0.25, 0.3) is 0 Å². The van der Waals surface area contributed by atoms with Crippen LogP contribution in [0.4, 0.5) is 0 Å². The Balaban J connectivity index is 1.44. The smallest absolute Gasteiger partial charge is 0.245 e. The van der Waals surface area contributed by atoms with Crippen molar-refractivity contribution in [3.8, 4) is 0 Å². The molecule has 0 saturated carbocycles. The fourth-order valence-corrected chi connectivity index (χ4v) is 26.5. The molecule has 8 saturated heterocycles. The van der Waals surface area contributed by atoms with Crippen molar-refractivity contribution in [1.29, 1.82) is 0 Å². The topological polar surface area (TPSA) is 50.6 Å². The molecule has 0 atom stereocenters. The molecule has 0 aromatic rings. The van der Waals surface area contributed by atoms with E-state index < -0.39 is 22.9 Å². The minimum Gasteiger partial charge on any atom is -0.245 e. The fourth-order valence-electron chi connectivity index (χ4n) is 9.91. The highest BCUT2D eigenvalue weighted by atomic mass is 31.2. The minimum absolute atomic E-state index is 1.21. The standard InChI is InChI=1S/C32H64N10P3/c1-2-18-35(17-1)43(36-19-3-4-20-36,33-44(37-21-5-6-22-37,38-23-7-8-24-38)39-25-9-10-26-39)34-45(40-27-11-12-28-40,41-29-13-14-30-41)42-31-15-16-32-42/h1-32H2/q+1. The van der Waals surface area contributed by atoms with E-state index in [-0.39, 0.29) is 0 Å². The monoisotopic (exact) mass is 681 g/mol. The van der Waals surface area contributed by atoms with Crippen molar-refractivity contribution >= 4 is 22.9 Å². The van der Waals surface area contributed by atoms with Crippen molar-refractivity contribution in [3.63, 3.8) is 0 Å². The van der Waals surface area contributed by atoms with E-state index in [1.54, 1.807) is 0 Å². The summed E-state index contributed by atoms with van der Waals surface area (Å²) in [5.74, 6) is 0. The van der Waals surface area contributed by atoms with E-state index in [2.05, 4.69) is 37.4 Å². The van der Waals surface area contributed by atoms with Crippen LogP contribution in [-0.2, 0) is 0 Å². The van der Waals surface area contributed by atoms with Gasteiger partial charge in [-0.1, -0.05) is 0 Å². The lowest BCUT2D eigenvalue weighted by atomic mass is 10.4. The van der Waals surface area contributed by atoms with Crippen LogP contribution in [0, 0.1) is 0 Å². The lowest BCUT2D eigenvalue weighted by Crippen LogP contribution is -2.42. The Bertz CT molecular complexity index is 980. The van der Waals surface area contributed by atoms with Gasteiger partial charge in [0.05, 0.1) is 0 Å². The van der Waals surface area contributed by atoms with Gasteiger partial charge in [0.1, 0.15) is 0 Å². The zero-order valence-electron chi connectivity index (χ0n) is 28.4. The van der Waals surface area contributed by atoms with Crippen LogP contribution < -0.4 is 0 Å². The molecule has 13 heteroatoms. The van der Waals surface area contributed by atoms with E-state index in [0.29, 0.717) is 0 Å². The average Bonchev–Trinajstić information content (AvgIpc) is 3.96. The fraction of sp³-hybridized carbons (Fsp3) is 1.00. The number of hydrogen-bond donors (Lipinski definition) is 0. The molecular weight excluding hydrogens is 617 g/mol. The van der Waals surface area contributed by atoms with Gasteiger partial charge >= 0.3 is 7.87 Å². The van der Waals surface area contributed by atoms with Gasteiger partial charge in [0, 0.05) is 105 Å². The molecule has 0 aromatic carbocycles. The summed E-state index contributed by atoms with van der Waals surface area (Å²) in [5, 5.41) is 0. The van der Waals surface area contributed by atoms with E-state index in [1.165, 1.54) is 207 Å². The van der Waals surface area contributed by atoms with E-state index in [0.717, 1.165) is 0 Å². The Kier molecular flexibility index (Phi) is 10.5. The third-order valence-electron chi connectivity index (χ3n) is 12.2. The van der Waals surface area contributed by atoms with Crippen LogP contribution in [-0.4, -0.2) is 142 Å². The molecule has 0 amide bonds. The molecule has 0 spiro atoms. The molecule has 0 bridgehead atoms. The van der Waals surface area contributed by atoms with Crippen molar-refractivity contribution in [3.05, 3.63) is 0 Å². The number of rotatable bonds is 10. The molecular formula is C32H64N10P3+. The molecule has 8 heterocycles. The van der Waals surface area contributed by atoms with Gasteiger partial charge in [0.25, 0.3) is 7.51 Å². The second-order valence-corrected chi connectivity index (χ2v) is 24.3. The summed E-state index contributed by atoms with van der Waals surface area (Å²) in [6.07, 6.45) is 21.5. The molecule has 0 aromatic heterocycles. The third kappa shape index (κ3) is 5.94. The van der Waals surface area contributed by atoms with Gasteiger partial charge in [-0.2, -0.15) is 4.52 Å². The highest BCUT2D eigenvalue weighted by Crippen LogP contribution is 2.82. The number of hydrogen-bond acceptors (Lipinski definition) is 4. The largest absolute Gasteiger partial charge is 0.358 e. The maximum atomic E-state index is 6.88. The second-order valence-electron chi connectivity index (χ2n) is 15.1. The second kappa shape index (κ2) is 14.4. The summed E-state index contributed by atoms with van der Waals surface area (Å²) in [4.78, 5) is 0. The molecule has 8 aliphatic heterocycles. The zero-order valence-corrected chi connectivity index (χ0v) is 31.1. The van der Waals surface area contributed by atoms with Crippen molar-refractivity contribution in [2.75, 3.05) is 105 Å². The first-order valence-corrected chi connectivity index (χ1v) is 24.3. The van der Waals surface area contributed by atoms with Gasteiger partial charge < -0.3 is 0 Å². The van der Waals surface area contributed by atoms with Crippen molar-refractivity contribution < 1.29 is 0 Å². The predicted octanol–water partition coefficient (Wildman–Crippen LogP) is 7.32. The van der Waals surface area contributed by atoms with Crippen LogP contribution in [0.3, 0.4) is 0 Å². The number of nitrogens with zero attached hydrogens (tertiary/aromatic N) is 10. The van der Waals surface area contributed by atoms with Crippen molar-refractivity contribution in [1.82, 2.24) is 37.4 Å². The third-order valence-corrected chi connectivity index (χ3v) is 25.3. The lowest BCUT2D eigenvalue weighted by molar-refractivity contribution is 0.370. The van der Waals surface area contributed by atoms with Gasteiger partial charge in [-0.05, 0) is 107 Å². The zero-order chi connectivity index (χ0) is 30.2. The highest BCUT2D eigenvalue weighted by molar-refractivity contribution is 7.78. The summed E-state index contributed by atoms with van der Waals surface area (Å²) in [5.41, 5.74) is 0. The molecule has 8 rings (SSSR count). The van der Waals surface area contributed by atoms with Crippen LogP contribution in [0.15, 0.2) is 9.03 Å². The maximum Gasteiger partial charge on any atom is 0.358 e. The van der Waals surface area contributed by atoms with Gasteiger partial charge in [-0.15, -0.1) is 14.0 Å². The Morgan fingerprint density at radius 2 is 0.556 bits per heavy atom. The van der Waals surface area contributed by atoms with Gasteiger partial charge in [0.2, 0.25) is 0 Å². The van der Waals surface area contributed by atoms with E-state index >= 15 is 0 Å². The molecule has 0 unspecified atom stereocenters. The SMILES string of the molecule is C1CCN(P(=N[P+](N2CCCC2)(N2CCCC2)N2CCCC2)(N=P(N2CCCC2)(N2CCCC2)N2CCCC2)N2CCCC2)C1. The van der Waals surface area contributed by atoms with Gasteiger partial charge in [-0.3, -0.25) is 0 Å². The highest BCUT2D eigenvalue weighted by Gasteiger charge is 2.63. The van der Waals surface area contributed by atoms with E-state index in [1.807, 2.05) is 0 Å². The summed E-state index contributed by atoms with van der Waals surface area (Å²) >= 11 is 0. The first-order valence-electron chi connectivity index (χ1n) is 19.5. The Morgan fingerprint density at radius 1 is 0.311 bits per heavy atom. The Labute approximate surface area is 276 Å². The summed E-state index contributed by atoms with van der Waals surface area (Å²) in [6, 6.07) is 0. The first-order chi connectivity index (χ1) is 22.3. The Morgan fingerprint density at radius 3 is 0.844 bits per heavy atom. The normalized spacial score (nSPS) is 30.2. The van der Waals surface area contributed by atoms with Crippen molar-refractivity contribution in [2.45, 2.75) is 103 Å². The molecule has 8 aliphatic rings. The van der Waals surface area contributed by atoms with Crippen LogP contribution in [0.1, 0.15) is 103 Å². The molecule has 45 heavy (non-hydrogen) atoms.